The van der Waals surface area contributed by atoms with E-state index in [-0.39, 0.29) is 23.5 Å². The Balaban J connectivity index is 1.18. The lowest BCUT2D eigenvalue weighted by Crippen LogP contribution is -2.36. The molecular weight excluding hydrogens is 518 g/mol. The van der Waals surface area contributed by atoms with E-state index in [2.05, 4.69) is 27.2 Å². The van der Waals surface area contributed by atoms with E-state index in [1.54, 1.807) is 6.08 Å². The van der Waals surface area contributed by atoms with E-state index < -0.39 is 0 Å². The molecule has 4 N–H and O–H groups in total. The SMILES string of the molecule is CN(C/C=C/C(=O)N1CCC(Nc2ncnc(N)c2C(=N)c2ccc(Oc3ccccc3)cc2)C1)C1CCOCC1. The smallest absolute Gasteiger partial charge is 0.246 e. The van der Waals surface area contributed by atoms with E-state index in [9.17, 15) is 4.79 Å². The molecule has 3 heterocycles. The molecule has 41 heavy (non-hydrogen) atoms. The van der Waals surface area contributed by atoms with Crippen molar-refractivity contribution in [2.24, 2.45) is 0 Å². The Kier molecular flexibility index (Phi) is 9.22. The number of hydrogen-bond acceptors (Lipinski definition) is 9. The van der Waals surface area contributed by atoms with Gasteiger partial charge in [-0.2, -0.15) is 0 Å². The third kappa shape index (κ3) is 7.27. The topological polar surface area (TPSA) is 130 Å². The number of nitrogens with one attached hydrogen (secondary N) is 2. The Morgan fingerprint density at radius 3 is 2.61 bits per heavy atom. The molecule has 10 heteroatoms. The van der Waals surface area contributed by atoms with Crippen molar-refractivity contribution in [3.05, 3.63) is 84.2 Å². The maximum absolute atomic E-state index is 12.8. The first kappa shape index (κ1) is 28.3. The number of likely N-dealkylation sites (tertiary alicyclic amines) is 1. The molecule has 1 aromatic heterocycles. The van der Waals surface area contributed by atoms with Crippen LogP contribution in [0.15, 0.2) is 73.1 Å². The fourth-order valence-corrected chi connectivity index (χ4v) is 5.19. The molecule has 10 nitrogen and oxygen atoms in total. The minimum atomic E-state index is -0.0141. The number of carbonyl (C=O) groups is 1. The van der Waals surface area contributed by atoms with Gasteiger partial charge in [-0.15, -0.1) is 0 Å². The lowest BCUT2D eigenvalue weighted by molar-refractivity contribution is -0.125. The van der Waals surface area contributed by atoms with Crippen LogP contribution in [0.1, 0.15) is 30.4 Å². The van der Waals surface area contributed by atoms with E-state index in [1.807, 2.05) is 65.6 Å². The van der Waals surface area contributed by atoms with Crippen LogP contribution in [0, 0.1) is 5.41 Å². The van der Waals surface area contributed by atoms with E-state index in [0.29, 0.717) is 41.8 Å². The van der Waals surface area contributed by atoms with Gasteiger partial charge in [-0.3, -0.25) is 15.1 Å². The van der Waals surface area contributed by atoms with Gasteiger partial charge in [-0.1, -0.05) is 24.3 Å². The van der Waals surface area contributed by atoms with Crippen molar-refractivity contribution in [2.45, 2.75) is 31.3 Å². The van der Waals surface area contributed by atoms with E-state index in [1.165, 1.54) is 6.33 Å². The van der Waals surface area contributed by atoms with Gasteiger partial charge in [-0.25, -0.2) is 9.97 Å². The number of ether oxygens (including phenoxy) is 2. The first-order valence-electron chi connectivity index (χ1n) is 14.0. The number of aromatic nitrogens is 2. The largest absolute Gasteiger partial charge is 0.457 e. The third-order valence-corrected chi connectivity index (χ3v) is 7.56. The predicted molar refractivity (Wildman–Crippen MR) is 160 cm³/mol. The molecule has 3 aromatic rings. The summed E-state index contributed by atoms with van der Waals surface area (Å²) in [6.45, 7) is 3.52. The monoisotopic (exact) mass is 555 g/mol. The average Bonchev–Trinajstić information content (AvgIpc) is 3.47. The molecule has 0 aliphatic carbocycles. The van der Waals surface area contributed by atoms with Crippen molar-refractivity contribution in [1.29, 1.82) is 5.41 Å². The van der Waals surface area contributed by atoms with Gasteiger partial charge in [-0.05, 0) is 62.7 Å². The number of nitrogens with zero attached hydrogens (tertiary/aromatic N) is 4. The molecule has 0 spiro atoms. The highest BCUT2D eigenvalue weighted by Crippen LogP contribution is 2.26. The number of para-hydroxylation sites is 1. The third-order valence-electron chi connectivity index (χ3n) is 7.56. The molecule has 1 unspecified atom stereocenters. The minimum absolute atomic E-state index is 0.00246. The highest BCUT2D eigenvalue weighted by atomic mass is 16.5. The summed E-state index contributed by atoms with van der Waals surface area (Å²) >= 11 is 0. The van der Waals surface area contributed by atoms with Gasteiger partial charge >= 0.3 is 0 Å². The maximum Gasteiger partial charge on any atom is 0.246 e. The molecule has 2 saturated heterocycles. The molecule has 214 valence electrons. The quantitative estimate of drug-likeness (QED) is 0.253. The number of amides is 1. The van der Waals surface area contributed by atoms with E-state index in [0.717, 1.165) is 44.8 Å². The van der Waals surface area contributed by atoms with Gasteiger partial charge < -0.3 is 25.4 Å². The van der Waals surface area contributed by atoms with Crippen LogP contribution in [0.5, 0.6) is 11.5 Å². The first-order valence-corrected chi connectivity index (χ1v) is 14.0. The number of benzene rings is 2. The molecule has 2 fully saturated rings. The van der Waals surface area contributed by atoms with Crippen LogP contribution in [0.25, 0.3) is 0 Å². The predicted octanol–water partition coefficient (Wildman–Crippen LogP) is 3.95. The second kappa shape index (κ2) is 13.4. The summed E-state index contributed by atoms with van der Waals surface area (Å²) in [6.07, 6.45) is 7.83. The van der Waals surface area contributed by atoms with Crippen molar-refractivity contribution in [1.82, 2.24) is 19.8 Å². The van der Waals surface area contributed by atoms with E-state index >= 15 is 0 Å². The number of likely N-dealkylation sites (N-methyl/N-ethyl adjacent to an activating group) is 1. The zero-order valence-corrected chi connectivity index (χ0v) is 23.3. The van der Waals surface area contributed by atoms with Gasteiger partial charge in [0.2, 0.25) is 5.91 Å². The zero-order chi connectivity index (χ0) is 28.6. The minimum Gasteiger partial charge on any atom is -0.457 e. The molecular formula is C31H37N7O3. The molecule has 1 amide bonds. The van der Waals surface area contributed by atoms with Crippen molar-refractivity contribution < 1.29 is 14.3 Å². The van der Waals surface area contributed by atoms with Crippen LogP contribution in [-0.4, -0.2) is 83.4 Å². The molecule has 1 atom stereocenters. The van der Waals surface area contributed by atoms with Gasteiger partial charge in [0.25, 0.3) is 0 Å². The molecule has 0 radical (unpaired) electrons. The highest BCUT2D eigenvalue weighted by molar-refractivity contribution is 6.16. The molecule has 0 bridgehead atoms. The second-order valence-corrected chi connectivity index (χ2v) is 10.4. The summed E-state index contributed by atoms with van der Waals surface area (Å²) in [5.74, 6) is 2.12. The van der Waals surface area contributed by atoms with Crippen molar-refractivity contribution in [3.8, 4) is 11.5 Å². The van der Waals surface area contributed by atoms with Gasteiger partial charge in [0, 0.05) is 56.6 Å². The summed E-state index contributed by atoms with van der Waals surface area (Å²) in [7, 11) is 2.09. The number of anilines is 2. The lowest BCUT2D eigenvalue weighted by atomic mass is 10.0. The van der Waals surface area contributed by atoms with Crippen LogP contribution in [0.2, 0.25) is 0 Å². The Bertz CT molecular complexity index is 1360. The Morgan fingerprint density at radius 2 is 1.85 bits per heavy atom. The molecule has 2 aliphatic heterocycles. The fraction of sp³-hybridized carbons (Fsp3) is 0.355. The Labute approximate surface area is 240 Å². The molecule has 2 aromatic carbocycles. The van der Waals surface area contributed by atoms with Crippen molar-refractivity contribution >= 4 is 23.3 Å². The van der Waals surface area contributed by atoms with Gasteiger partial charge in [0.05, 0.1) is 11.3 Å². The zero-order valence-electron chi connectivity index (χ0n) is 23.3. The maximum atomic E-state index is 12.8. The summed E-state index contributed by atoms with van der Waals surface area (Å²) in [5, 5.41) is 12.3. The highest BCUT2D eigenvalue weighted by Gasteiger charge is 2.27. The van der Waals surface area contributed by atoms with Gasteiger partial charge in [0.15, 0.2) is 0 Å². The summed E-state index contributed by atoms with van der Waals surface area (Å²) in [4.78, 5) is 25.5. The number of carbonyl (C=O) groups excluding carboxylic acids is 1. The normalized spacial score (nSPS) is 17.7. The van der Waals surface area contributed by atoms with Crippen molar-refractivity contribution in [3.63, 3.8) is 0 Å². The lowest BCUT2D eigenvalue weighted by Gasteiger charge is -2.30. The average molecular weight is 556 g/mol. The number of nitrogen functional groups attached to an aromatic ring is 1. The van der Waals surface area contributed by atoms with Crippen LogP contribution in [0.3, 0.4) is 0 Å². The van der Waals surface area contributed by atoms with Gasteiger partial charge in [0.1, 0.15) is 29.5 Å². The Hall–Kier alpha value is -4.28. The van der Waals surface area contributed by atoms with Crippen LogP contribution in [0.4, 0.5) is 11.6 Å². The number of hydrogen-bond donors (Lipinski definition) is 3. The number of nitrogens with two attached hydrogens (primary N) is 1. The van der Waals surface area contributed by atoms with Crippen LogP contribution in [-0.2, 0) is 9.53 Å². The van der Waals surface area contributed by atoms with E-state index in [4.69, 9.17) is 20.6 Å². The van der Waals surface area contributed by atoms with Crippen LogP contribution < -0.4 is 15.8 Å². The molecule has 5 rings (SSSR count). The molecule has 0 saturated carbocycles. The second-order valence-electron chi connectivity index (χ2n) is 10.4. The Morgan fingerprint density at radius 1 is 1.12 bits per heavy atom. The first-order chi connectivity index (χ1) is 20.0. The molecule has 2 aliphatic rings. The summed E-state index contributed by atoms with van der Waals surface area (Å²) < 4.78 is 11.3. The summed E-state index contributed by atoms with van der Waals surface area (Å²) in [5.41, 5.74) is 7.54. The standard InChI is InChI=1S/C31H37N7O3/c1-37(24-14-18-40-19-15-24)16-5-8-27(39)38-17-13-23(20-38)36-31-28(30(33)34-21-35-31)29(32)22-9-11-26(12-10-22)41-25-6-3-2-4-7-25/h2-12,21,23-24,32H,13-20H2,1H3,(H3,33,34,35,36)/b8-5+,32-29?. The fourth-order valence-electron chi connectivity index (χ4n) is 5.19. The summed E-state index contributed by atoms with van der Waals surface area (Å²) in [6, 6.07) is 17.3. The van der Waals surface area contributed by atoms with Crippen LogP contribution >= 0.6 is 0 Å². The number of rotatable bonds is 10. The van der Waals surface area contributed by atoms with Crippen molar-refractivity contribution in [2.75, 3.05) is 50.9 Å².